The summed E-state index contributed by atoms with van der Waals surface area (Å²) in [5.41, 5.74) is 4.84. The molecule has 0 radical (unpaired) electrons. The number of sulfone groups is 1. The van der Waals surface area contributed by atoms with Crippen LogP contribution in [0.25, 0.3) is 33.6 Å². The Balaban J connectivity index is 1.35. The van der Waals surface area contributed by atoms with Gasteiger partial charge in [-0.3, -0.25) is 9.36 Å². The summed E-state index contributed by atoms with van der Waals surface area (Å²) in [6.07, 6.45) is 12.3. The molecule has 0 atom stereocenters. The molecular formula is C22H22N6O2S. The van der Waals surface area contributed by atoms with Crippen molar-refractivity contribution in [2.24, 2.45) is 7.05 Å². The van der Waals surface area contributed by atoms with Gasteiger partial charge in [0.1, 0.15) is 9.84 Å². The van der Waals surface area contributed by atoms with Gasteiger partial charge in [0.05, 0.1) is 29.9 Å². The Labute approximate surface area is 180 Å². The first-order chi connectivity index (χ1) is 15.0. The summed E-state index contributed by atoms with van der Waals surface area (Å²) < 4.78 is 27.0. The summed E-state index contributed by atoms with van der Waals surface area (Å²) in [6.45, 7) is 0. The van der Waals surface area contributed by atoms with Gasteiger partial charge in [0, 0.05) is 54.1 Å². The SMILES string of the molecule is Cn1cc(-c2cccc(-c3ncc(-c4cnn(C5CCS(=O)(=O)CC5)c4)cn3)c2)cn1. The molecule has 3 aromatic heterocycles. The minimum Gasteiger partial charge on any atom is -0.275 e. The molecule has 9 heteroatoms. The highest BCUT2D eigenvalue weighted by atomic mass is 32.2. The molecule has 8 nitrogen and oxygen atoms in total. The minimum absolute atomic E-state index is 0.118. The second-order valence-corrected chi connectivity index (χ2v) is 10.2. The third-order valence-electron chi connectivity index (χ3n) is 5.64. The van der Waals surface area contributed by atoms with E-state index in [9.17, 15) is 8.42 Å². The molecule has 31 heavy (non-hydrogen) atoms. The highest BCUT2D eigenvalue weighted by Crippen LogP contribution is 2.27. The average molecular weight is 435 g/mol. The molecule has 0 spiro atoms. The van der Waals surface area contributed by atoms with Crippen molar-refractivity contribution in [3.05, 3.63) is 61.4 Å². The summed E-state index contributed by atoms with van der Waals surface area (Å²) in [7, 11) is -0.989. The first-order valence-electron chi connectivity index (χ1n) is 10.1. The Bertz CT molecular complexity index is 1310. The zero-order valence-corrected chi connectivity index (χ0v) is 17.9. The first kappa shape index (κ1) is 19.6. The van der Waals surface area contributed by atoms with Gasteiger partial charge in [-0.1, -0.05) is 18.2 Å². The van der Waals surface area contributed by atoms with Crippen LogP contribution >= 0.6 is 0 Å². The van der Waals surface area contributed by atoms with E-state index in [-0.39, 0.29) is 17.5 Å². The molecule has 4 heterocycles. The molecule has 0 unspecified atom stereocenters. The zero-order valence-electron chi connectivity index (χ0n) is 17.1. The Morgan fingerprint density at radius 3 is 2.23 bits per heavy atom. The van der Waals surface area contributed by atoms with Gasteiger partial charge in [-0.05, 0) is 24.5 Å². The molecule has 4 aromatic rings. The molecule has 1 aromatic carbocycles. The highest BCUT2D eigenvalue weighted by molar-refractivity contribution is 7.91. The van der Waals surface area contributed by atoms with E-state index < -0.39 is 9.84 Å². The topological polar surface area (TPSA) is 95.6 Å². The second kappa shape index (κ2) is 7.73. The smallest absolute Gasteiger partial charge is 0.159 e. The van der Waals surface area contributed by atoms with E-state index in [1.54, 1.807) is 23.3 Å². The van der Waals surface area contributed by atoms with E-state index in [0.29, 0.717) is 18.7 Å². The Kier molecular flexibility index (Phi) is 4.90. The van der Waals surface area contributed by atoms with Crippen molar-refractivity contribution in [2.75, 3.05) is 11.5 Å². The lowest BCUT2D eigenvalue weighted by atomic mass is 10.1. The van der Waals surface area contributed by atoms with Gasteiger partial charge in [-0.2, -0.15) is 10.2 Å². The van der Waals surface area contributed by atoms with Crippen LogP contribution in [0, 0.1) is 0 Å². The molecule has 1 fully saturated rings. The third-order valence-corrected chi connectivity index (χ3v) is 7.36. The van der Waals surface area contributed by atoms with E-state index in [0.717, 1.165) is 27.8 Å². The number of aryl methyl sites for hydroxylation is 1. The normalized spacial score (nSPS) is 16.4. The Morgan fingerprint density at radius 1 is 0.839 bits per heavy atom. The van der Waals surface area contributed by atoms with Crippen LogP contribution in [-0.2, 0) is 16.9 Å². The predicted octanol–water partition coefficient (Wildman–Crippen LogP) is 3.16. The summed E-state index contributed by atoms with van der Waals surface area (Å²) >= 11 is 0. The second-order valence-electron chi connectivity index (χ2n) is 7.87. The highest BCUT2D eigenvalue weighted by Gasteiger charge is 2.25. The van der Waals surface area contributed by atoms with Crippen molar-refractivity contribution < 1.29 is 8.42 Å². The fourth-order valence-corrected chi connectivity index (χ4v) is 5.33. The van der Waals surface area contributed by atoms with Gasteiger partial charge in [0.2, 0.25) is 0 Å². The fourth-order valence-electron chi connectivity index (χ4n) is 3.86. The van der Waals surface area contributed by atoms with E-state index >= 15 is 0 Å². The number of hydrogen-bond donors (Lipinski definition) is 0. The van der Waals surface area contributed by atoms with Gasteiger partial charge in [0.15, 0.2) is 5.82 Å². The van der Waals surface area contributed by atoms with Crippen molar-refractivity contribution in [1.82, 2.24) is 29.5 Å². The molecule has 0 bridgehead atoms. The van der Waals surface area contributed by atoms with Crippen molar-refractivity contribution in [3.8, 4) is 33.6 Å². The third kappa shape index (κ3) is 4.13. The maximum absolute atomic E-state index is 11.7. The van der Waals surface area contributed by atoms with E-state index in [1.807, 2.05) is 48.5 Å². The standard InChI is InChI=1S/C22H22N6O2S/c1-27-14-19(12-25-27)16-3-2-4-17(9-16)22-23-10-18(11-24-22)20-13-26-28(15-20)21-5-7-31(29,30)8-6-21/h2-4,9-15,21H,5-8H2,1H3. The maximum atomic E-state index is 11.7. The van der Waals surface area contributed by atoms with Crippen LogP contribution in [0.1, 0.15) is 18.9 Å². The van der Waals surface area contributed by atoms with E-state index in [4.69, 9.17) is 0 Å². The first-order valence-corrected chi connectivity index (χ1v) is 12.0. The quantitative estimate of drug-likeness (QED) is 0.490. The van der Waals surface area contributed by atoms with Crippen LogP contribution in [0.15, 0.2) is 61.4 Å². The van der Waals surface area contributed by atoms with Crippen LogP contribution in [0.3, 0.4) is 0 Å². The number of rotatable bonds is 4. The molecule has 0 N–H and O–H groups in total. The number of benzene rings is 1. The van der Waals surface area contributed by atoms with Gasteiger partial charge in [-0.15, -0.1) is 0 Å². The largest absolute Gasteiger partial charge is 0.275 e. The van der Waals surface area contributed by atoms with Gasteiger partial charge >= 0.3 is 0 Å². The summed E-state index contributed by atoms with van der Waals surface area (Å²) in [5.74, 6) is 1.10. The molecule has 0 aliphatic carbocycles. The molecule has 1 aliphatic rings. The monoisotopic (exact) mass is 434 g/mol. The molecular weight excluding hydrogens is 412 g/mol. The molecule has 0 amide bonds. The van der Waals surface area contributed by atoms with Crippen molar-refractivity contribution in [2.45, 2.75) is 18.9 Å². The lowest BCUT2D eigenvalue weighted by Crippen LogP contribution is -2.25. The molecule has 1 saturated heterocycles. The van der Waals surface area contributed by atoms with Crippen LogP contribution in [-0.4, -0.2) is 49.5 Å². The van der Waals surface area contributed by atoms with Gasteiger partial charge in [0.25, 0.3) is 0 Å². The van der Waals surface area contributed by atoms with Crippen molar-refractivity contribution in [1.29, 1.82) is 0 Å². The zero-order chi connectivity index (χ0) is 21.4. The Hall–Kier alpha value is -3.33. The molecule has 1 aliphatic heterocycles. The molecule has 5 rings (SSSR count). The summed E-state index contributed by atoms with van der Waals surface area (Å²) in [4.78, 5) is 9.12. The number of nitrogens with zero attached hydrogens (tertiary/aromatic N) is 6. The van der Waals surface area contributed by atoms with Crippen LogP contribution in [0.4, 0.5) is 0 Å². The fraction of sp³-hybridized carbons (Fsp3) is 0.273. The average Bonchev–Trinajstić information content (AvgIpc) is 3.44. The molecule has 0 saturated carbocycles. The van der Waals surface area contributed by atoms with Crippen molar-refractivity contribution >= 4 is 9.84 Å². The summed E-state index contributed by atoms with van der Waals surface area (Å²) in [6, 6.07) is 8.20. The van der Waals surface area contributed by atoms with Gasteiger partial charge in [-0.25, -0.2) is 18.4 Å². The minimum atomic E-state index is -2.89. The van der Waals surface area contributed by atoms with Crippen LogP contribution in [0.2, 0.25) is 0 Å². The van der Waals surface area contributed by atoms with Crippen LogP contribution < -0.4 is 0 Å². The molecule has 158 valence electrons. The lowest BCUT2D eigenvalue weighted by molar-refractivity contribution is 0.413. The van der Waals surface area contributed by atoms with E-state index in [1.165, 1.54) is 0 Å². The van der Waals surface area contributed by atoms with Crippen molar-refractivity contribution in [3.63, 3.8) is 0 Å². The predicted molar refractivity (Wildman–Crippen MR) is 118 cm³/mol. The Morgan fingerprint density at radius 2 is 1.52 bits per heavy atom. The lowest BCUT2D eigenvalue weighted by Gasteiger charge is -2.22. The van der Waals surface area contributed by atoms with E-state index in [2.05, 4.69) is 26.2 Å². The van der Waals surface area contributed by atoms with Crippen LogP contribution in [0.5, 0.6) is 0 Å². The van der Waals surface area contributed by atoms with Gasteiger partial charge < -0.3 is 0 Å². The number of hydrogen-bond acceptors (Lipinski definition) is 6. The maximum Gasteiger partial charge on any atom is 0.159 e. The summed E-state index contributed by atoms with van der Waals surface area (Å²) in [5, 5.41) is 8.68. The number of aromatic nitrogens is 6.